The minimum absolute atomic E-state index is 0.0902. The van der Waals surface area contributed by atoms with Crippen molar-refractivity contribution in [2.24, 2.45) is 12.8 Å². The van der Waals surface area contributed by atoms with Gasteiger partial charge >= 0.3 is 0 Å². The van der Waals surface area contributed by atoms with Crippen molar-refractivity contribution in [1.82, 2.24) is 9.78 Å². The molecule has 1 heterocycles. The van der Waals surface area contributed by atoms with E-state index in [-0.39, 0.29) is 22.1 Å². The molecule has 0 atom stereocenters. The van der Waals surface area contributed by atoms with E-state index in [0.29, 0.717) is 0 Å². The first-order chi connectivity index (χ1) is 9.31. The summed E-state index contributed by atoms with van der Waals surface area (Å²) in [5.41, 5.74) is 5.17. The van der Waals surface area contributed by atoms with E-state index in [4.69, 9.17) is 11.1 Å². The molecule has 20 heavy (non-hydrogen) atoms. The number of hydrogen-bond acceptors (Lipinski definition) is 4. The van der Waals surface area contributed by atoms with Gasteiger partial charge in [-0.3, -0.25) is 14.8 Å². The summed E-state index contributed by atoms with van der Waals surface area (Å²) < 4.78 is 41.2. The van der Waals surface area contributed by atoms with Crippen molar-refractivity contribution >= 4 is 21.5 Å². The summed E-state index contributed by atoms with van der Waals surface area (Å²) in [6.07, 6.45) is 1.32. The lowest BCUT2D eigenvalue weighted by molar-refractivity contribution is 0.580. The smallest absolute Gasteiger partial charge is 0.279 e. The molecule has 0 fully saturated rings. The Morgan fingerprint density at radius 3 is 2.65 bits per heavy atom. The zero-order valence-corrected chi connectivity index (χ0v) is 11.3. The zero-order chi connectivity index (χ0) is 14.9. The molecule has 0 spiro atoms. The van der Waals surface area contributed by atoms with E-state index in [2.05, 4.69) is 9.82 Å². The van der Waals surface area contributed by atoms with E-state index in [1.165, 1.54) is 31.4 Å². The molecule has 0 radical (unpaired) electrons. The van der Waals surface area contributed by atoms with Gasteiger partial charge < -0.3 is 5.73 Å². The Morgan fingerprint density at radius 1 is 1.45 bits per heavy atom. The van der Waals surface area contributed by atoms with E-state index < -0.39 is 15.8 Å². The maximum Gasteiger partial charge on any atom is 0.279 e. The fraction of sp³-hybridized carbons (Fsp3) is 0.0909. The molecule has 9 heteroatoms. The van der Waals surface area contributed by atoms with E-state index in [9.17, 15) is 12.8 Å². The van der Waals surface area contributed by atoms with Crippen molar-refractivity contribution in [3.63, 3.8) is 0 Å². The number of benzene rings is 1. The molecule has 0 saturated carbocycles. The predicted octanol–water partition coefficient (Wildman–Crippen LogP) is 0.644. The molecule has 7 nitrogen and oxygen atoms in total. The Hall–Kier alpha value is -2.42. The van der Waals surface area contributed by atoms with Gasteiger partial charge in [-0.25, -0.2) is 4.39 Å². The molecular weight excluding hydrogens is 285 g/mol. The molecule has 2 rings (SSSR count). The molecule has 2 aromatic rings. The van der Waals surface area contributed by atoms with Crippen LogP contribution in [0, 0.1) is 11.2 Å². The molecule has 0 aliphatic carbocycles. The fourth-order valence-electron chi connectivity index (χ4n) is 1.59. The number of halogens is 1. The first-order valence-electron chi connectivity index (χ1n) is 5.46. The average Bonchev–Trinajstić information content (AvgIpc) is 2.78. The van der Waals surface area contributed by atoms with Crippen LogP contribution in [-0.4, -0.2) is 24.0 Å². The minimum atomic E-state index is -3.93. The van der Waals surface area contributed by atoms with Gasteiger partial charge in [0.15, 0.2) is 5.03 Å². The predicted molar refractivity (Wildman–Crippen MR) is 71.4 cm³/mol. The molecule has 0 amide bonds. The van der Waals surface area contributed by atoms with Crippen LogP contribution in [0.1, 0.15) is 5.56 Å². The van der Waals surface area contributed by atoms with Crippen LogP contribution in [0.15, 0.2) is 35.5 Å². The standard InChI is InChI=1S/C11H12FN5O2S/c1-17-10(4-5-15-17)20(18,19)16-9-3-2-7(11(13)14)6-8(9)12/h2-6,16H,1H3,(H3,13,14). The Bertz CT molecular complexity index is 769. The molecule has 1 aromatic carbocycles. The number of aromatic nitrogens is 2. The second-order valence-corrected chi connectivity index (χ2v) is 5.64. The van der Waals surface area contributed by atoms with Crippen molar-refractivity contribution in [2.45, 2.75) is 5.03 Å². The number of nitrogens with zero attached hydrogens (tertiary/aromatic N) is 2. The van der Waals surface area contributed by atoms with Gasteiger partial charge in [0.2, 0.25) is 0 Å². The maximum absolute atomic E-state index is 13.8. The van der Waals surface area contributed by atoms with E-state index in [1.54, 1.807) is 0 Å². The van der Waals surface area contributed by atoms with Crippen LogP contribution in [0.5, 0.6) is 0 Å². The van der Waals surface area contributed by atoms with Gasteiger partial charge in [0.1, 0.15) is 11.7 Å². The molecular formula is C11H12FN5O2S. The Morgan fingerprint density at radius 2 is 2.15 bits per heavy atom. The number of anilines is 1. The third-order valence-electron chi connectivity index (χ3n) is 2.58. The molecule has 106 valence electrons. The van der Waals surface area contributed by atoms with Gasteiger partial charge in [-0.1, -0.05) is 0 Å². The highest BCUT2D eigenvalue weighted by Gasteiger charge is 2.19. The molecule has 0 unspecified atom stereocenters. The lowest BCUT2D eigenvalue weighted by Gasteiger charge is -2.09. The van der Waals surface area contributed by atoms with E-state index >= 15 is 0 Å². The van der Waals surface area contributed by atoms with Crippen LogP contribution < -0.4 is 10.5 Å². The lowest BCUT2D eigenvalue weighted by Crippen LogP contribution is -2.18. The number of rotatable bonds is 4. The van der Waals surface area contributed by atoms with Gasteiger partial charge in [-0.15, -0.1) is 0 Å². The van der Waals surface area contributed by atoms with E-state index in [1.807, 2.05) is 0 Å². The number of hydrogen-bond donors (Lipinski definition) is 3. The van der Waals surface area contributed by atoms with Crippen LogP contribution in [0.25, 0.3) is 0 Å². The Labute approximate surface area is 114 Å². The number of nitrogens with one attached hydrogen (secondary N) is 2. The topological polar surface area (TPSA) is 114 Å². The first kappa shape index (κ1) is 14.0. The molecule has 0 aliphatic rings. The quantitative estimate of drug-likeness (QED) is 0.567. The van der Waals surface area contributed by atoms with Crippen LogP contribution in [0.2, 0.25) is 0 Å². The van der Waals surface area contributed by atoms with Gasteiger partial charge in [0.05, 0.1) is 11.9 Å². The molecule has 1 aromatic heterocycles. The summed E-state index contributed by atoms with van der Waals surface area (Å²) >= 11 is 0. The normalized spacial score (nSPS) is 11.3. The van der Waals surface area contributed by atoms with Crippen molar-refractivity contribution in [1.29, 1.82) is 5.41 Å². The minimum Gasteiger partial charge on any atom is -0.384 e. The van der Waals surface area contributed by atoms with E-state index in [0.717, 1.165) is 10.7 Å². The lowest BCUT2D eigenvalue weighted by atomic mass is 10.2. The zero-order valence-electron chi connectivity index (χ0n) is 10.5. The number of amidine groups is 1. The van der Waals surface area contributed by atoms with Crippen molar-refractivity contribution < 1.29 is 12.8 Å². The summed E-state index contributed by atoms with van der Waals surface area (Å²) in [6, 6.07) is 4.85. The number of aryl methyl sites for hydroxylation is 1. The first-order valence-corrected chi connectivity index (χ1v) is 6.94. The summed E-state index contributed by atoms with van der Waals surface area (Å²) in [4.78, 5) is 0. The second-order valence-electron chi connectivity index (χ2n) is 4.01. The monoisotopic (exact) mass is 297 g/mol. The van der Waals surface area contributed by atoms with Crippen LogP contribution in [-0.2, 0) is 17.1 Å². The second kappa shape index (κ2) is 4.93. The maximum atomic E-state index is 13.8. The highest BCUT2D eigenvalue weighted by atomic mass is 32.2. The van der Waals surface area contributed by atoms with Crippen LogP contribution in [0.4, 0.5) is 10.1 Å². The van der Waals surface area contributed by atoms with Gasteiger partial charge in [-0.05, 0) is 24.3 Å². The summed E-state index contributed by atoms with van der Waals surface area (Å²) in [5.74, 6) is -1.12. The van der Waals surface area contributed by atoms with Crippen molar-refractivity contribution in [3.8, 4) is 0 Å². The van der Waals surface area contributed by atoms with Crippen molar-refractivity contribution in [2.75, 3.05) is 4.72 Å². The summed E-state index contributed by atoms with van der Waals surface area (Å²) in [5, 5.41) is 10.8. The highest BCUT2D eigenvalue weighted by molar-refractivity contribution is 7.92. The highest BCUT2D eigenvalue weighted by Crippen LogP contribution is 2.19. The number of nitrogen functional groups attached to an aromatic ring is 1. The van der Waals surface area contributed by atoms with Gasteiger partial charge in [0, 0.05) is 12.6 Å². The molecule has 0 bridgehead atoms. The third-order valence-corrected chi connectivity index (χ3v) is 4.02. The van der Waals surface area contributed by atoms with Crippen LogP contribution in [0.3, 0.4) is 0 Å². The molecule has 0 aliphatic heterocycles. The number of sulfonamides is 1. The third kappa shape index (κ3) is 2.62. The SMILES string of the molecule is Cn1nccc1S(=O)(=O)Nc1ccc(C(=N)N)cc1F. The fourth-order valence-corrected chi connectivity index (χ4v) is 2.78. The Kier molecular flexibility index (Phi) is 3.45. The summed E-state index contributed by atoms with van der Waals surface area (Å²) in [6.45, 7) is 0. The number of nitrogens with two attached hydrogens (primary N) is 1. The Balaban J connectivity index is 2.36. The average molecular weight is 297 g/mol. The van der Waals surface area contributed by atoms with Crippen LogP contribution >= 0.6 is 0 Å². The van der Waals surface area contributed by atoms with Crippen molar-refractivity contribution in [3.05, 3.63) is 41.8 Å². The van der Waals surface area contributed by atoms with Gasteiger partial charge in [-0.2, -0.15) is 13.5 Å². The molecule has 0 saturated heterocycles. The summed E-state index contributed by atoms with van der Waals surface area (Å²) in [7, 11) is -2.47. The molecule has 4 N–H and O–H groups in total. The van der Waals surface area contributed by atoms with Gasteiger partial charge in [0.25, 0.3) is 10.0 Å². The largest absolute Gasteiger partial charge is 0.384 e.